The highest BCUT2D eigenvalue weighted by atomic mass is 32.2. The molecule has 9 nitrogen and oxygen atoms in total. The first-order valence-corrected chi connectivity index (χ1v) is 14.9. The molecular formula is C27H40N2O7S. The molecule has 2 aliphatic carbocycles. The Bertz CT molecular complexity index is 1020. The third-order valence-corrected chi connectivity index (χ3v) is 9.61. The van der Waals surface area contributed by atoms with Crippen molar-refractivity contribution >= 4 is 15.9 Å². The Morgan fingerprint density at radius 3 is 2.43 bits per heavy atom. The highest BCUT2D eigenvalue weighted by Crippen LogP contribution is 2.40. The maximum Gasteiger partial charge on any atom is 0.286 e. The van der Waals surface area contributed by atoms with Crippen LogP contribution in [0.5, 0.6) is 5.75 Å². The van der Waals surface area contributed by atoms with E-state index in [-0.39, 0.29) is 49.1 Å². The second kappa shape index (κ2) is 13.1. The summed E-state index contributed by atoms with van der Waals surface area (Å²) >= 11 is 0. The van der Waals surface area contributed by atoms with Crippen molar-refractivity contribution in [1.29, 1.82) is 0 Å². The molecular weight excluding hydrogens is 496 g/mol. The van der Waals surface area contributed by atoms with E-state index in [1.165, 1.54) is 36.4 Å². The van der Waals surface area contributed by atoms with Crippen molar-refractivity contribution in [3.63, 3.8) is 0 Å². The molecule has 0 radical (unpaired) electrons. The number of hydrogen-bond acceptors (Lipinski definition) is 7. The lowest BCUT2D eigenvalue weighted by Gasteiger charge is -2.37. The van der Waals surface area contributed by atoms with Gasteiger partial charge >= 0.3 is 0 Å². The van der Waals surface area contributed by atoms with E-state index in [1.807, 2.05) is 6.08 Å². The Hall–Kier alpha value is -2.14. The van der Waals surface area contributed by atoms with E-state index >= 15 is 0 Å². The van der Waals surface area contributed by atoms with Crippen molar-refractivity contribution < 1.29 is 32.5 Å². The average molecular weight is 537 g/mol. The zero-order valence-electron chi connectivity index (χ0n) is 21.6. The number of amides is 1. The van der Waals surface area contributed by atoms with Crippen molar-refractivity contribution in [2.75, 3.05) is 33.4 Å². The maximum atomic E-state index is 13.1. The Morgan fingerprint density at radius 2 is 1.81 bits per heavy atom. The first kappa shape index (κ1) is 27.9. The first-order valence-electron chi connectivity index (χ1n) is 13.5. The molecule has 1 aliphatic heterocycles. The summed E-state index contributed by atoms with van der Waals surface area (Å²) in [6.45, 7) is -0.235. The third kappa shape index (κ3) is 7.25. The summed E-state index contributed by atoms with van der Waals surface area (Å²) in [5.41, 5.74) is 0. The van der Waals surface area contributed by atoms with Crippen LogP contribution >= 0.6 is 0 Å². The van der Waals surface area contributed by atoms with Gasteiger partial charge in [0.15, 0.2) is 5.76 Å². The molecule has 1 amide bonds. The monoisotopic (exact) mass is 536 g/mol. The van der Waals surface area contributed by atoms with Crippen LogP contribution < -0.4 is 10.1 Å². The Balaban J connectivity index is 1.37. The number of methoxy groups -OCH3 is 1. The second-order valence-corrected chi connectivity index (χ2v) is 12.1. The SMILES string of the molecule is COc1ccc(S(=O)(=O)N(CCO)CCO[C@H]2C[C@@H](C3CCC3)C=C(C(=O)NC3CCCCC3)O2)cc1. The van der Waals surface area contributed by atoms with E-state index in [2.05, 4.69) is 5.32 Å². The van der Waals surface area contributed by atoms with Crippen molar-refractivity contribution in [2.45, 2.75) is 75.0 Å². The number of rotatable bonds is 12. The van der Waals surface area contributed by atoms with E-state index in [0.717, 1.165) is 38.5 Å². The number of benzene rings is 1. The van der Waals surface area contributed by atoms with Crippen LogP contribution in [0, 0.1) is 11.8 Å². The lowest BCUT2D eigenvalue weighted by Crippen LogP contribution is -2.41. The largest absolute Gasteiger partial charge is 0.497 e. The summed E-state index contributed by atoms with van der Waals surface area (Å²) in [7, 11) is -2.31. The molecule has 2 fully saturated rings. The number of hydrogen-bond donors (Lipinski definition) is 2. The second-order valence-electron chi connectivity index (χ2n) is 10.2. The number of aliphatic hydroxyl groups excluding tert-OH is 1. The molecule has 2 saturated carbocycles. The number of ether oxygens (including phenoxy) is 3. The molecule has 0 unspecified atom stereocenters. The summed E-state index contributed by atoms with van der Waals surface area (Å²) in [5, 5.41) is 12.6. The standard InChI is InChI=1S/C27H40N2O7S/c1-34-23-10-12-24(13-11-23)37(32,33)29(14-16-30)15-17-35-26-19-21(20-6-5-7-20)18-25(36-26)27(31)28-22-8-3-2-4-9-22/h10-13,18,20-22,26,30H,2-9,14-17,19H2,1H3,(H,28,31)/t21-,26+/m0/s1. The quantitative estimate of drug-likeness (QED) is 0.422. The molecule has 0 aromatic heterocycles. The van der Waals surface area contributed by atoms with Gasteiger partial charge in [0.25, 0.3) is 5.91 Å². The van der Waals surface area contributed by atoms with Crippen molar-refractivity contribution in [3.8, 4) is 5.75 Å². The van der Waals surface area contributed by atoms with Crippen LogP contribution in [0.4, 0.5) is 0 Å². The van der Waals surface area contributed by atoms with E-state index in [1.54, 1.807) is 12.1 Å². The lowest BCUT2D eigenvalue weighted by molar-refractivity contribution is -0.152. The normalized spacial score (nSPS) is 23.2. The van der Waals surface area contributed by atoms with Gasteiger partial charge in [0.1, 0.15) is 5.75 Å². The molecule has 206 valence electrons. The summed E-state index contributed by atoms with van der Waals surface area (Å²) in [4.78, 5) is 13.1. The molecule has 1 heterocycles. The number of allylic oxidation sites excluding steroid dienone is 1. The number of carbonyl (C=O) groups excluding carboxylic acids is 1. The Labute approximate surface area is 220 Å². The number of nitrogens with one attached hydrogen (secondary N) is 1. The molecule has 0 saturated heterocycles. The fourth-order valence-electron chi connectivity index (χ4n) is 5.29. The smallest absolute Gasteiger partial charge is 0.286 e. The Kier molecular flexibility index (Phi) is 9.86. The Morgan fingerprint density at radius 1 is 1.08 bits per heavy atom. The molecule has 4 rings (SSSR count). The number of sulfonamides is 1. The molecule has 10 heteroatoms. The highest BCUT2D eigenvalue weighted by molar-refractivity contribution is 7.89. The molecule has 1 aromatic carbocycles. The molecule has 0 bridgehead atoms. The van der Waals surface area contributed by atoms with Gasteiger partial charge in [-0.05, 0) is 67.9 Å². The topological polar surface area (TPSA) is 114 Å². The average Bonchev–Trinajstić information content (AvgIpc) is 2.87. The number of aliphatic hydroxyl groups is 1. The zero-order chi connectivity index (χ0) is 26.3. The zero-order valence-corrected chi connectivity index (χ0v) is 22.5. The summed E-state index contributed by atoms with van der Waals surface area (Å²) in [6.07, 6.45) is 10.9. The molecule has 2 atom stereocenters. The van der Waals surface area contributed by atoms with E-state index in [0.29, 0.717) is 23.8 Å². The first-order chi connectivity index (χ1) is 17.9. The van der Waals surface area contributed by atoms with E-state index < -0.39 is 16.3 Å². The van der Waals surface area contributed by atoms with Gasteiger partial charge in [-0.25, -0.2) is 8.42 Å². The fourth-order valence-corrected chi connectivity index (χ4v) is 6.71. The van der Waals surface area contributed by atoms with Gasteiger partial charge in [-0.3, -0.25) is 4.79 Å². The van der Waals surface area contributed by atoms with Crippen LogP contribution in [0.1, 0.15) is 57.8 Å². The van der Waals surface area contributed by atoms with Gasteiger partial charge in [0.2, 0.25) is 16.3 Å². The van der Waals surface area contributed by atoms with Gasteiger partial charge in [-0.15, -0.1) is 0 Å². The van der Waals surface area contributed by atoms with Crippen LogP contribution in [-0.2, 0) is 24.3 Å². The maximum absolute atomic E-state index is 13.1. The third-order valence-electron chi connectivity index (χ3n) is 7.70. The predicted molar refractivity (Wildman–Crippen MR) is 138 cm³/mol. The van der Waals surface area contributed by atoms with Crippen LogP contribution in [-0.4, -0.2) is 69.5 Å². The lowest BCUT2D eigenvalue weighted by atomic mass is 9.73. The molecule has 3 aliphatic rings. The predicted octanol–water partition coefficient (Wildman–Crippen LogP) is 3.19. The van der Waals surface area contributed by atoms with Gasteiger partial charge in [-0.2, -0.15) is 4.31 Å². The minimum atomic E-state index is -3.83. The number of nitrogens with zero attached hydrogens (tertiary/aromatic N) is 1. The fraction of sp³-hybridized carbons (Fsp3) is 0.667. The molecule has 2 N–H and O–H groups in total. The van der Waals surface area contributed by atoms with E-state index in [9.17, 15) is 18.3 Å². The van der Waals surface area contributed by atoms with Crippen LogP contribution in [0.2, 0.25) is 0 Å². The van der Waals surface area contributed by atoms with Gasteiger partial charge in [0.05, 0.1) is 25.2 Å². The summed E-state index contributed by atoms with van der Waals surface area (Å²) in [5.74, 6) is 1.41. The minimum absolute atomic E-state index is 0.0518. The summed E-state index contributed by atoms with van der Waals surface area (Å²) < 4.78 is 44.6. The van der Waals surface area contributed by atoms with Crippen LogP contribution in [0.3, 0.4) is 0 Å². The van der Waals surface area contributed by atoms with Crippen LogP contribution in [0.25, 0.3) is 0 Å². The van der Waals surface area contributed by atoms with Crippen molar-refractivity contribution in [1.82, 2.24) is 9.62 Å². The van der Waals surface area contributed by atoms with Crippen LogP contribution in [0.15, 0.2) is 41.0 Å². The minimum Gasteiger partial charge on any atom is -0.497 e. The van der Waals surface area contributed by atoms with Gasteiger partial charge < -0.3 is 24.6 Å². The van der Waals surface area contributed by atoms with Gasteiger partial charge in [-0.1, -0.05) is 25.7 Å². The summed E-state index contributed by atoms with van der Waals surface area (Å²) in [6, 6.07) is 6.32. The molecule has 0 spiro atoms. The molecule has 1 aromatic rings. The highest BCUT2D eigenvalue weighted by Gasteiger charge is 2.35. The van der Waals surface area contributed by atoms with Crippen molar-refractivity contribution in [2.24, 2.45) is 11.8 Å². The van der Waals surface area contributed by atoms with Gasteiger partial charge in [0, 0.05) is 25.6 Å². The van der Waals surface area contributed by atoms with Crippen molar-refractivity contribution in [3.05, 3.63) is 36.1 Å². The van der Waals surface area contributed by atoms with E-state index in [4.69, 9.17) is 14.2 Å². The number of carbonyl (C=O) groups is 1. The molecule has 37 heavy (non-hydrogen) atoms.